The van der Waals surface area contributed by atoms with Gasteiger partial charge in [0.2, 0.25) is 0 Å². The SMILES string of the molecule is C.C.C.CC(C)(C)[Si](C)(C)O[C@H](c1ccc(F)cc1)[C@H]1CCC(Cc2ccc(C(=O)O)cc2)C1.CCCC1=NCC(C)=C1.Cc1cc(CN(C)C(=O)c2ccc(CC3CC[C@H]([C@H](O)c4ccc(F)cc4)C3)cc2)n[nH]1.Cc1cc(CN(C)C(=O)c2ccc(CC3CC[C@H]([C@H](O[Si](C)(C)C(C)(C)C)c4ccc(F)cc4)C3)cc2)n[nH]1.Cc1cc(CN(C)C(=O)c2ccc(C[C@@H]3CC[C@H]([C@H](O)c4ccc(F)cc4)C3)cc2)n[nH]1.F. The first-order chi connectivity index (χ1) is 67.9. The number of carbonyl (C=O) groups excluding carboxylic acids is 3. The van der Waals surface area contributed by atoms with Crippen LogP contribution in [-0.4, -0.2) is 134 Å². The average molecular weight is 2050 g/mol. The van der Waals surface area contributed by atoms with E-state index in [1.165, 1.54) is 76.4 Å². The number of aliphatic imine (C=N–C) groups is 1. The van der Waals surface area contributed by atoms with Crippen LogP contribution in [0.2, 0.25) is 36.3 Å². The molecule has 4 heterocycles. The number of aliphatic hydroxyl groups is 2. The summed E-state index contributed by atoms with van der Waals surface area (Å²) in [5.41, 5.74) is 19.1. The molecule has 4 fully saturated rings. The fourth-order valence-electron chi connectivity index (χ4n) is 20.1. The summed E-state index contributed by atoms with van der Waals surface area (Å²) < 4.78 is 67.5. The summed E-state index contributed by atoms with van der Waals surface area (Å²) in [4.78, 5) is 58.8. The second-order valence-corrected chi connectivity index (χ2v) is 53.5. The Morgan fingerprint density at radius 3 is 0.898 bits per heavy atom. The highest BCUT2D eigenvalue weighted by atomic mass is 28.4. The Morgan fingerprint density at radius 2 is 0.660 bits per heavy atom. The van der Waals surface area contributed by atoms with Crippen molar-refractivity contribution in [2.24, 2.45) is 52.3 Å². The summed E-state index contributed by atoms with van der Waals surface area (Å²) in [5.74, 6) is 1.39. The lowest BCUT2D eigenvalue weighted by molar-refractivity contribution is 0.0694. The Labute approximate surface area is 874 Å². The third-order valence-electron chi connectivity index (χ3n) is 30.2. The Hall–Kier alpha value is -11.4. The smallest absolute Gasteiger partial charge is 0.335 e. The summed E-state index contributed by atoms with van der Waals surface area (Å²) in [7, 11) is 1.37. The van der Waals surface area contributed by atoms with E-state index in [4.69, 9.17) is 14.0 Å². The number of nitrogens with one attached hydrogen (secondary N) is 3. The summed E-state index contributed by atoms with van der Waals surface area (Å²) in [6.45, 7) is 35.2. The largest absolute Gasteiger partial charge is 0.478 e. The van der Waals surface area contributed by atoms with Gasteiger partial charge in [0.25, 0.3) is 17.7 Å². The maximum absolute atomic E-state index is 13.7. The Kier molecular flexibility index (Phi) is 45.4. The molecule has 0 bridgehead atoms. The van der Waals surface area contributed by atoms with Crippen LogP contribution in [0.25, 0.3) is 0 Å². The van der Waals surface area contributed by atoms with Crippen molar-refractivity contribution in [2.45, 2.75) is 294 Å². The number of aryl methyl sites for hydroxylation is 3. The number of carbonyl (C=O) groups is 4. The summed E-state index contributed by atoms with van der Waals surface area (Å²) in [5, 5.41) is 52.0. The molecule has 11 aromatic rings. The van der Waals surface area contributed by atoms with Crippen molar-refractivity contribution in [3.63, 3.8) is 0 Å². The fraction of sp³-hybridized carbons (Fsp3) is 0.471. The standard InChI is InChI=1S/C32H44FN3O2Si.2C26H30FN3O2.C26H35FO3Si.C8H13N.3CH4.FH/c1-22-18-29(35-34-22)21-36(5)31(37)26-11-8-23(9-12-26)19-24-10-13-27(20-24)30(25-14-16-28(33)17-15-25)38-39(6,7)32(2,3)4;2*1-17-13-24(29-28-17)16-30(2)26(32)21-6-3-18(4-7-21)14-19-5-8-22(15-19)25(31)20-9-11-23(27)12-10-20;1-26(2,3)31(4,5)30-24(20-12-14-23(27)15-13-20)22-11-8-19(17-22)16-18-6-9-21(10-7-18)25(28)29;1-3-4-8-5-7(2)6-9-8;;;;/h8-9,11-12,14-18,24,27,30H,10,13,19-21H2,1-7H3,(H,34,35);2*3-4,6-7,9-13,19,22,25,31H,5,8,14-16H2,1-2H3,(H,28,29);6-7,9-10,12-15,19,22,24H,8,11,16-17H2,1-5H3,(H,28,29);5H,3-4,6H2,1-2H3;3*1H4;1H/t24?,27-,30+;19?,22-,25+;19-,22-,25+;19?,22-,24+;;;;;/m0000...../s1. The van der Waals surface area contributed by atoms with Gasteiger partial charge in [-0.2, -0.15) is 15.3 Å². The van der Waals surface area contributed by atoms with Crippen molar-refractivity contribution >= 4 is 46.0 Å². The van der Waals surface area contributed by atoms with Crippen molar-refractivity contribution in [1.29, 1.82) is 0 Å². The molecule has 26 heteroatoms. The second kappa shape index (κ2) is 55.2. The first-order valence-corrected chi connectivity index (χ1v) is 57.0. The number of carboxylic acid groups (broad SMARTS) is 1. The van der Waals surface area contributed by atoms with Gasteiger partial charge in [0.05, 0.1) is 73.2 Å². The molecule has 19 nitrogen and oxygen atoms in total. The molecular weight excluding hydrogens is 1890 g/mol. The number of aromatic amines is 3. The number of amides is 3. The lowest BCUT2D eigenvalue weighted by atomic mass is 9.91. The molecule has 3 unspecified atom stereocenters. The topological polar surface area (TPSA) is 256 Å². The number of halogens is 5. The number of H-pyrrole nitrogens is 3. The Balaban J connectivity index is 0.000000231. The molecule has 0 spiro atoms. The number of hydrogen-bond donors (Lipinski definition) is 6. The van der Waals surface area contributed by atoms with Gasteiger partial charge in [0, 0.05) is 60.6 Å². The fourth-order valence-corrected chi connectivity index (χ4v) is 22.7. The molecule has 796 valence electrons. The van der Waals surface area contributed by atoms with Gasteiger partial charge in [-0.3, -0.25) is 39.4 Å². The van der Waals surface area contributed by atoms with Crippen LogP contribution in [0.1, 0.15) is 312 Å². The molecule has 16 rings (SSSR count). The molecule has 147 heavy (non-hydrogen) atoms. The minimum atomic E-state index is -2.01. The quantitative estimate of drug-likeness (QED) is 0.0170. The predicted octanol–water partition coefficient (Wildman–Crippen LogP) is 29.0. The highest BCUT2D eigenvalue weighted by Gasteiger charge is 2.45. The average Bonchev–Trinajstić information content (AvgIpc) is 1.79. The molecule has 4 aliphatic carbocycles. The lowest BCUT2D eigenvalue weighted by Crippen LogP contribution is -2.43. The molecule has 12 atom stereocenters. The van der Waals surface area contributed by atoms with Gasteiger partial charge >= 0.3 is 5.97 Å². The number of rotatable bonds is 32. The van der Waals surface area contributed by atoms with Crippen LogP contribution in [0.5, 0.6) is 0 Å². The number of allylic oxidation sites excluding steroid dienone is 1. The molecule has 4 saturated carbocycles. The van der Waals surface area contributed by atoms with E-state index < -0.39 is 34.8 Å². The van der Waals surface area contributed by atoms with Crippen LogP contribution < -0.4 is 0 Å². The molecule has 8 aromatic carbocycles. The molecule has 3 aromatic heterocycles. The van der Waals surface area contributed by atoms with Crippen molar-refractivity contribution in [3.8, 4) is 0 Å². The van der Waals surface area contributed by atoms with Crippen LogP contribution in [0.15, 0.2) is 229 Å². The molecular formula is C121H165F5N10O9Si2. The van der Waals surface area contributed by atoms with Crippen molar-refractivity contribution < 1.29 is 65.6 Å². The van der Waals surface area contributed by atoms with Crippen molar-refractivity contribution in [2.75, 3.05) is 27.7 Å². The van der Waals surface area contributed by atoms with E-state index in [1.807, 2.05) is 143 Å². The van der Waals surface area contributed by atoms with E-state index >= 15 is 0 Å². The number of aromatic carboxylic acids is 1. The van der Waals surface area contributed by atoms with Gasteiger partial charge < -0.3 is 38.9 Å². The number of nitrogens with zero attached hydrogens (tertiary/aromatic N) is 7. The van der Waals surface area contributed by atoms with Gasteiger partial charge in [-0.05, 0) is 386 Å². The first-order valence-electron chi connectivity index (χ1n) is 51.2. The minimum absolute atomic E-state index is 0. The van der Waals surface area contributed by atoms with Crippen LogP contribution in [-0.2, 0) is 54.2 Å². The lowest BCUT2D eigenvalue weighted by Gasteiger charge is -2.41. The monoisotopic (exact) mass is 2050 g/mol. The number of aliphatic hydroxyl groups excluding tert-OH is 2. The van der Waals surface area contributed by atoms with Gasteiger partial charge in [0.1, 0.15) is 23.3 Å². The number of carboxylic acids is 1. The van der Waals surface area contributed by atoms with Gasteiger partial charge in [-0.15, -0.1) is 0 Å². The number of aromatic nitrogens is 6. The highest BCUT2D eigenvalue weighted by molar-refractivity contribution is 6.74. The third-order valence-corrected chi connectivity index (χ3v) is 39.1. The van der Waals surface area contributed by atoms with E-state index in [1.54, 1.807) is 77.3 Å². The van der Waals surface area contributed by atoms with Crippen LogP contribution in [0, 0.1) is 91.4 Å². The number of hydrogen-bond acceptors (Lipinski definition) is 12. The summed E-state index contributed by atoms with van der Waals surface area (Å²) >= 11 is 0. The maximum Gasteiger partial charge on any atom is 0.335 e. The normalized spacial score (nSPS) is 18.7. The zero-order chi connectivity index (χ0) is 103. The summed E-state index contributed by atoms with van der Waals surface area (Å²) in [6.07, 6.45) is 19.8. The highest BCUT2D eigenvalue weighted by Crippen LogP contribution is 2.51. The predicted molar refractivity (Wildman–Crippen MR) is 589 cm³/mol. The first kappa shape index (κ1) is 121. The van der Waals surface area contributed by atoms with Crippen molar-refractivity contribution in [3.05, 3.63) is 348 Å². The molecule has 3 amide bonds. The molecule has 6 N–H and O–H groups in total. The third kappa shape index (κ3) is 35.1. The zero-order valence-corrected chi connectivity index (χ0v) is 89.6. The second-order valence-electron chi connectivity index (χ2n) is 44.0. The minimum Gasteiger partial charge on any atom is -0.478 e. The van der Waals surface area contributed by atoms with Gasteiger partial charge in [-0.1, -0.05) is 180 Å². The van der Waals surface area contributed by atoms with Crippen LogP contribution in [0.4, 0.5) is 22.3 Å². The maximum atomic E-state index is 13.7. The molecule has 5 aliphatic rings. The zero-order valence-electron chi connectivity index (χ0n) is 87.6. The van der Waals surface area contributed by atoms with Gasteiger partial charge in [-0.25, -0.2) is 22.4 Å². The van der Waals surface area contributed by atoms with Crippen LogP contribution >= 0.6 is 0 Å². The van der Waals surface area contributed by atoms with E-state index in [-0.39, 0.29) is 102 Å². The van der Waals surface area contributed by atoms with E-state index in [9.17, 15) is 47.0 Å². The molecule has 1 aliphatic heterocycles. The van der Waals surface area contributed by atoms with E-state index in [0.29, 0.717) is 77.4 Å². The Morgan fingerprint density at radius 1 is 0.401 bits per heavy atom. The van der Waals surface area contributed by atoms with E-state index in [2.05, 4.69) is 135 Å². The van der Waals surface area contributed by atoms with Crippen molar-refractivity contribution in [1.82, 2.24) is 45.3 Å². The number of benzene rings is 8. The van der Waals surface area contributed by atoms with Gasteiger partial charge in [0.15, 0.2) is 16.6 Å². The van der Waals surface area contributed by atoms with E-state index in [0.717, 1.165) is 172 Å². The summed E-state index contributed by atoms with van der Waals surface area (Å²) in [6, 6.07) is 62.9. The molecule has 0 saturated heterocycles. The molecule has 0 radical (unpaired) electrons. The van der Waals surface area contributed by atoms with Crippen LogP contribution in [0.3, 0.4) is 0 Å². The Bertz CT molecular complexity index is 5810.